The van der Waals surface area contributed by atoms with Crippen molar-refractivity contribution in [3.05, 3.63) is 0 Å². The molecule has 0 aromatic rings. The molecule has 5 nitrogen and oxygen atoms in total. The molecule has 0 rings (SSSR count). The van der Waals surface area contributed by atoms with Gasteiger partial charge in [-0.25, -0.2) is 0 Å². The molecule has 0 saturated heterocycles. The number of ether oxygens (including phenoxy) is 2. The molecule has 12 heavy (non-hydrogen) atoms. The van der Waals surface area contributed by atoms with Crippen molar-refractivity contribution in [2.24, 2.45) is 4.90 Å². The van der Waals surface area contributed by atoms with E-state index in [0.717, 1.165) is 0 Å². The summed E-state index contributed by atoms with van der Waals surface area (Å²) in [5.74, 6) is 0. The molecule has 0 fully saturated rings. The molecule has 0 saturated carbocycles. The third-order valence-corrected chi connectivity index (χ3v) is 1.15. The predicted octanol–water partition coefficient (Wildman–Crippen LogP) is 0.555. The molecule has 0 aliphatic rings. The van der Waals surface area contributed by atoms with Gasteiger partial charge in [0.1, 0.15) is 0 Å². The molecule has 69 valence electrons. The van der Waals surface area contributed by atoms with Crippen LogP contribution in [0.4, 0.5) is 0 Å². The van der Waals surface area contributed by atoms with Gasteiger partial charge in [0.05, 0.1) is 0 Å². The SMILES string of the molecule is [B]=NCOC(CCOCC)OO. The molecule has 6 heteroatoms. The Morgan fingerprint density at radius 1 is 1.58 bits per heavy atom. The van der Waals surface area contributed by atoms with E-state index >= 15 is 0 Å². The van der Waals surface area contributed by atoms with Gasteiger partial charge in [0.15, 0.2) is 0 Å². The summed E-state index contributed by atoms with van der Waals surface area (Å²) in [6.45, 7) is 2.97. The Kier molecular flexibility index (Phi) is 8.58. The zero-order valence-corrected chi connectivity index (χ0v) is 7.10. The summed E-state index contributed by atoms with van der Waals surface area (Å²) in [4.78, 5) is 7.18. The molecular formula is C6H13BNO4. The van der Waals surface area contributed by atoms with E-state index in [0.29, 0.717) is 19.6 Å². The van der Waals surface area contributed by atoms with E-state index in [1.165, 1.54) is 0 Å². The summed E-state index contributed by atoms with van der Waals surface area (Å²) in [5, 5.41) is 8.29. The van der Waals surface area contributed by atoms with Crippen molar-refractivity contribution in [2.45, 2.75) is 19.6 Å². The van der Waals surface area contributed by atoms with Crippen molar-refractivity contribution in [1.82, 2.24) is 0 Å². The van der Waals surface area contributed by atoms with Crippen LogP contribution in [0.5, 0.6) is 0 Å². The van der Waals surface area contributed by atoms with E-state index in [1.807, 2.05) is 6.92 Å². The molecule has 0 heterocycles. The van der Waals surface area contributed by atoms with Gasteiger partial charge in [-0.3, -0.25) is 0 Å². The van der Waals surface area contributed by atoms with Crippen LogP contribution in [0.25, 0.3) is 0 Å². The van der Waals surface area contributed by atoms with Crippen LogP contribution in [0, 0.1) is 0 Å². The first-order chi connectivity index (χ1) is 5.85. The van der Waals surface area contributed by atoms with Crippen molar-refractivity contribution in [1.29, 1.82) is 0 Å². The molecule has 0 aromatic heterocycles. The first-order valence-corrected chi connectivity index (χ1v) is 3.71. The van der Waals surface area contributed by atoms with Crippen molar-refractivity contribution >= 4 is 7.64 Å². The number of hydrogen-bond acceptors (Lipinski definition) is 5. The summed E-state index contributed by atoms with van der Waals surface area (Å²) < 4.78 is 9.86. The first kappa shape index (κ1) is 11.7. The van der Waals surface area contributed by atoms with Gasteiger partial charge in [-0.05, 0) is 0 Å². The van der Waals surface area contributed by atoms with Crippen LogP contribution in [-0.4, -0.2) is 39.1 Å². The molecule has 0 aliphatic heterocycles. The molecule has 0 bridgehead atoms. The molecule has 1 unspecified atom stereocenters. The fourth-order valence-electron chi connectivity index (χ4n) is 0.617. The summed E-state index contributed by atoms with van der Waals surface area (Å²) in [6, 6.07) is 0. The molecular weight excluding hydrogens is 161 g/mol. The van der Waals surface area contributed by atoms with Crippen molar-refractivity contribution < 1.29 is 19.6 Å². The Morgan fingerprint density at radius 3 is 2.83 bits per heavy atom. The average Bonchev–Trinajstić information content (AvgIpc) is 2.11. The normalized spacial score (nSPS) is 12.8. The summed E-state index contributed by atoms with van der Waals surface area (Å²) in [5.41, 5.74) is 0. The van der Waals surface area contributed by atoms with Crippen LogP contribution < -0.4 is 0 Å². The van der Waals surface area contributed by atoms with Gasteiger partial charge in [0.2, 0.25) is 0 Å². The second kappa shape index (κ2) is 8.80. The number of hydrogen-bond donors (Lipinski definition) is 1. The topological polar surface area (TPSA) is 60.3 Å². The van der Waals surface area contributed by atoms with Gasteiger partial charge in [-0.15, -0.1) is 0 Å². The summed E-state index contributed by atoms with van der Waals surface area (Å²) in [6.07, 6.45) is -0.274. The monoisotopic (exact) mass is 174 g/mol. The predicted molar refractivity (Wildman–Crippen MR) is 42.7 cm³/mol. The van der Waals surface area contributed by atoms with E-state index in [1.54, 1.807) is 0 Å². The van der Waals surface area contributed by atoms with Crippen molar-refractivity contribution in [3.63, 3.8) is 0 Å². The van der Waals surface area contributed by atoms with Gasteiger partial charge in [-0.2, -0.15) is 0 Å². The second-order valence-corrected chi connectivity index (χ2v) is 2.00. The zero-order valence-electron chi connectivity index (χ0n) is 7.10. The second-order valence-electron chi connectivity index (χ2n) is 2.00. The Morgan fingerprint density at radius 2 is 2.33 bits per heavy atom. The van der Waals surface area contributed by atoms with E-state index in [-0.39, 0.29) is 6.73 Å². The quantitative estimate of drug-likeness (QED) is 0.192. The average molecular weight is 174 g/mol. The molecule has 0 amide bonds. The Bertz CT molecular complexity index is 114. The van der Waals surface area contributed by atoms with Crippen LogP contribution in [0.15, 0.2) is 4.90 Å². The van der Waals surface area contributed by atoms with Gasteiger partial charge < -0.3 is 0 Å². The van der Waals surface area contributed by atoms with E-state index < -0.39 is 6.29 Å². The van der Waals surface area contributed by atoms with Gasteiger partial charge in [-0.1, -0.05) is 0 Å². The van der Waals surface area contributed by atoms with E-state index in [4.69, 9.17) is 22.4 Å². The standard InChI is InChI=1S/C6H13BNO4/c1-2-10-4-3-6(12-9)11-5-8-7/h6,9H,2-5H2,1H3. The first-order valence-electron chi connectivity index (χ1n) is 3.71. The fraction of sp³-hybridized carbons (Fsp3) is 1.00. The van der Waals surface area contributed by atoms with Crippen molar-refractivity contribution in [3.8, 4) is 0 Å². The van der Waals surface area contributed by atoms with Crippen LogP contribution in [0.3, 0.4) is 0 Å². The van der Waals surface area contributed by atoms with Crippen LogP contribution >= 0.6 is 0 Å². The molecule has 0 spiro atoms. The van der Waals surface area contributed by atoms with Gasteiger partial charge in [0, 0.05) is 0 Å². The molecule has 0 aliphatic carbocycles. The van der Waals surface area contributed by atoms with E-state index in [9.17, 15) is 0 Å². The van der Waals surface area contributed by atoms with Crippen molar-refractivity contribution in [2.75, 3.05) is 19.9 Å². The fourth-order valence-corrected chi connectivity index (χ4v) is 0.617. The molecule has 1 N–H and O–H groups in total. The minimum absolute atomic E-state index is 0.00263. The van der Waals surface area contributed by atoms with Crippen LogP contribution in [0.2, 0.25) is 0 Å². The van der Waals surface area contributed by atoms with Gasteiger partial charge >= 0.3 is 71.7 Å². The number of nitrogens with zero attached hydrogens (tertiary/aromatic N) is 1. The summed E-state index contributed by atoms with van der Waals surface area (Å²) >= 11 is 0. The Labute approximate surface area is 72.7 Å². The van der Waals surface area contributed by atoms with Gasteiger partial charge in [0.25, 0.3) is 0 Å². The van der Waals surface area contributed by atoms with Crippen LogP contribution in [-0.2, 0) is 14.4 Å². The Balaban J connectivity index is 3.32. The third kappa shape index (κ3) is 6.42. The molecule has 0 aromatic carbocycles. The molecule has 1 radical (unpaired) electrons. The summed E-state index contributed by atoms with van der Waals surface area (Å²) in [7, 11) is 4.82. The number of rotatable bonds is 8. The van der Waals surface area contributed by atoms with Crippen LogP contribution in [0.1, 0.15) is 13.3 Å². The maximum absolute atomic E-state index is 8.29. The van der Waals surface area contributed by atoms with E-state index in [2.05, 4.69) is 9.78 Å². The maximum atomic E-state index is 8.29. The Hall–Kier alpha value is -0.295. The third-order valence-electron chi connectivity index (χ3n) is 1.15. The minimum atomic E-state index is -0.719. The molecule has 1 atom stereocenters. The zero-order chi connectivity index (χ0) is 9.23.